The van der Waals surface area contributed by atoms with Crippen LogP contribution in [0, 0.1) is 0 Å². The van der Waals surface area contributed by atoms with Crippen molar-refractivity contribution in [2.45, 2.75) is 24.4 Å². The van der Waals surface area contributed by atoms with E-state index in [1.807, 2.05) is 0 Å². The maximum atomic E-state index is 14.5. The lowest BCUT2D eigenvalue weighted by molar-refractivity contribution is -0.137. The minimum Gasteiger partial charge on any atom is -0.472 e. The maximum absolute atomic E-state index is 14.5. The highest BCUT2D eigenvalue weighted by molar-refractivity contribution is 6.00. The van der Waals surface area contributed by atoms with Gasteiger partial charge in [-0.05, 0) is 6.07 Å². The van der Waals surface area contributed by atoms with E-state index < -0.39 is 31.0 Å². The maximum Gasteiger partial charge on any atom is 0.320 e. The van der Waals surface area contributed by atoms with E-state index in [0.29, 0.717) is 16.5 Å². The van der Waals surface area contributed by atoms with Crippen LogP contribution in [0.1, 0.15) is 6.23 Å². The molecule has 4 rings (SSSR count). The van der Waals surface area contributed by atoms with Crippen molar-refractivity contribution in [2.75, 3.05) is 12.3 Å². The number of aliphatic hydroxyl groups is 2. The molecule has 132 valence electrons. The van der Waals surface area contributed by atoms with Crippen LogP contribution in [0.15, 0.2) is 35.5 Å². The number of hydrogen-bond acceptors (Lipinski definition) is 7. The molecule has 0 aliphatic carbocycles. The number of fused-ring (bicyclic) bond motifs is 1. The van der Waals surface area contributed by atoms with Crippen molar-refractivity contribution in [1.82, 2.24) is 14.5 Å². The van der Waals surface area contributed by atoms with Gasteiger partial charge in [0, 0.05) is 17.3 Å². The Morgan fingerprint density at radius 1 is 1.36 bits per heavy atom. The van der Waals surface area contributed by atoms with Gasteiger partial charge >= 0.3 is 5.92 Å². The molecule has 4 N–H and O–H groups in total. The molecule has 0 spiro atoms. The lowest BCUT2D eigenvalue weighted by Gasteiger charge is -2.21. The second-order valence-corrected chi connectivity index (χ2v) is 5.75. The zero-order valence-electron chi connectivity index (χ0n) is 12.7. The van der Waals surface area contributed by atoms with Crippen molar-refractivity contribution in [2.24, 2.45) is 0 Å². The number of aliphatic hydroxyl groups excluding tert-OH is 2. The summed E-state index contributed by atoms with van der Waals surface area (Å²) in [7, 11) is 0. The van der Waals surface area contributed by atoms with Crippen LogP contribution in [0.25, 0.3) is 22.2 Å². The van der Waals surface area contributed by atoms with Gasteiger partial charge in [0.05, 0.1) is 24.5 Å². The molecular formula is C15H14F2N4O4. The molecule has 0 radical (unpaired) electrons. The molecule has 0 bridgehead atoms. The molecule has 1 saturated heterocycles. The van der Waals surface area contributed by atoms with E-state index in [4.69, 9.17) is 20.0 Å². The molecule has 25 heavy (non-hydrogen) atoms. The number of nitrogens with zero attached hydrogens (tertiary/aromatic N) is 3. The molecule has 4 heterocycles. The summed E-state index contributed by atoms with van der Waals surface area (Å²) in [4.78, 5) is 7.95. The average molecular weight is 352 g/mol. The Morgan fingerprint density at radius 3 is 2.80 bits per heavy atom. The van der Waals surface area contributed by atoms with Crippen molar-refractivity contribution >= 4 is 16.9 Å². The fraction of sp³-hybridized carbons (Fsp3) is 0.333. The van der Waals surface area contributed by atoms with Gasteiger partial charge in [0.1, 0.15) is 23.9 Å². The highest BCUT2D eigenvalue weighted by Crippen LogP contribution is 2.45. The minimum absolute atomic E-state index is 0.112. The Kier molecular flexibility index (Phi) is 3.49. The molecule has 3 aromatic rings. The smallest absolute Gasteiger partial charge is 0.320 e. The second-order valence-electron chi connectivity index (χ2n) is 5.75. The van der Waals surface area contributed by atoms with E-state index in [2.05, 4.69) is 9.97 Å². The highest BCUT2D eigenvalue weighted by atomic mass is 19.3. The predicted molar refractivity (Wildman–Crippen MR) is 81.6 cm³/mol. The second kappa shape index (κ2) is 5.48. The lowest BCUT2D eigenvalue weighted by Crippen LogP contribution is -2.39. The van der Waals surface area contributed by atoms with Crippen molar-refractivity contribution in [1.29, 1.82) is 0 Å². The van der Waals surface area contributed by atoms with E-state index in [-0.39, 0.29) is 11.5 Å². The molecule has 0 unspecified atom stereocenters. The first-order chi connectivity index (χ1) is 11.9. The van der Waals surface area contributed by atoms with E-state index in [0.717, 1.165) is 10.9 Å². The van der Waals surface area contributed by atoms with Crippen molar-refractivity contribution in [3.63, 3.8) is 0 Å². The lowest BCUT2D eigenvalue weighted by atomic mass is 10.1. The molecule has 0 amide bonds. The number of anilines is 1. The molecule has 0 aromatic carbocycles. The van der Waals surface area contributed by atoms with Crippen LogP contribution < -0.4 is 5.73 Å². The zero-order valence-corrected chi connectivity index (χ0v) is 12.7. The van der Waals surface area contributed by atoms with Crippen LogP contribution in [-0.4, -0.2) is 49.5 Å². The van der Waals surface area contributed by atoms with Gasteiger partial charge in [-0.1, -0.05) is 0 Å². The summed E-state index contributed by atoms with van der Waals surface area (Å²) in [5.74, 6) is -3.52. The number of furan rings is 1. The van der Waals surface area contributed by atoms with E-state index in [9.17, 15) is 13.9 Å². The standard InChI is InChI=1S/C15H14F2N4O4/c16-15(17)11(23)9(4-22)25-14(15)21-3-8(7-1-2-24-5-7)10-12(18)19-6-20-13(10)21/h1-3,5-6,9,11,14,22-23H,4H2,(H2,18,19,20)/t9-,11-,14-/m1/s1. The Balaban J connectivity index is 1.93. The van der Waals surface area contributed by atoms with Gasteiger partial charge < -0.3 is 25.1 Å². The average Bonchev–Trinajstić information content (AvgIpc) is 3.27. The molecule has 0 saturated carbocycles. The summed E-state index contributed by atoms with van der Waals surface area (Å²) in [6.07, 6.45) is 0.0176. The van der Waals surface area contributed by atoms with Gasteiger partial charge in [0.15, 0.2) is 6.10 Å². The number of halogens is 2. The monoisotopic (exact) mass is 352 g/mol. The van der Waals surface area contributed by atoms with Crippen molar-refractivity contribution in [3.8, 4) is 11.1 Å². The Labute approximate surface area is 139 Å². The minimum atomic E-state index is -3.63. The number of nitrogen functional groups attached to an aromatic ring is 1. The summed E-state index contributed by atoms with van der Waals surface area (Å²) >= 11 is 0. The first kappa shape index (κ1) is 15.9. The van der Waals surface area contributed by atoms with Crippen LogP contribution in [0.4, 0.5) is 14.6 Å². The molecule has 10 heteroatoms. The normalized spacial score (nSPS) is 25.7. The molecule has 8 nitrogen and oxygen atoms in total. The fourth-order valence-corrected chi connectivity index (χ4v) is 3.04. The fourth-order valence-electron chi connectivity index (χ4n) is 3.04. The van der Waals surface area contributed by atoms with Crippen LogP contribution in [0.2, 0.25) is 0 Å². The van der Waals surface area contributed by atoms with Crippen LogP contribution in [-0.2, 0) is 4.74 Å². The Hall–Kier alpha value is -2.56. The first-order valence-electron chi connectivity index (χ1n) is 7.41. The van der Waals surface area contributed by atoms with Crippen LogP contribution in [0.3, 0.4) is 0 Å². The van der Waals surface area contributed by atoms with Gasteiger partial charge in [-0.3, -0.25) is 4.57 Å². The number of ether oxygens (including phenoxy) is 1. The van der Waals surface area contributed by atoms with Gasteiger partial charge in [-0.15, -0.1) is 0 Å². The van der Waals surface area contributed by atoms with E-state index in [1.165, 1.54) is 18.7 Å². The van der Waals surface area contributed by atoms with Crippen LogP contribution in [0.5, 0.6) is 0 Å². The number of hydrogen-bond donors (Lipinski definition) is 3. The summed E-state index contributed by atoms with van der Waals surface area (Å²) in [6, 6.07) is 1.64. The number of alkyl halides is 2. The molecule has 1 aliphatic rings. The molecule has 3 aromatic heterocycles. The van der Waals surface area contributed by atoms with Crippen molar-refractivity contribution < 1.29 is 28.1 Å². The molecule has 1 fully saturated rings. The third-order valence-electron chi connectivity index (χ3n) is 4.28. The van der Waals surface area contributed by atoms with Gasteiger partial charge in [-0.25, -0.2) is 9.97 Å². The summed E-state index contributed by atoms with van der Waals surface area (Å²) in [5, 5.41) is 19.3. The van der Waals surface area contributed by atoms with Crippen molar-refractivity contribution in [3.05, 3.63) is 31.1 Å². The largest absolute Gasteiger partial charge is 0.472 e. The SMILES string of the molecule is Nc1ncnc2c1c(-c1ccoc1)cn2[C@@H]1O[C@H](CO)[C@@H](O)C1(F)F. The summed E-state index contributed by atoms with van der Waals surface area (Å²) in [5.41, 5.74) is 7.13. The topological polar surface area (TPSA) is 120 Å². The summed E-state index contributed by atoms with van der Waals surface area (Å²) in [6.45, 7) is -0.738. The Bertz CT molecular complexity index is 912. The number of nitrogens with two attached hydrogens (primary N) is 1. The highest BCUT2D eigenvalue weighted by Gasteiger charge is 2.59. The molecule has 1 aliphatic heterocycles. The zero-order chi connectivity index (χ0) is 17.8. The third-order valence-corrected chi connectivity index (χ3v) is 4.28. The molecular weight excluding hydrogens is 338 g/mol. The van der Waals surface area contributed by atoms with E-state index in [1.54, 1.807) is 6.07 Å². The Morgan fingerprint density at radius 2 is 2.16 bits per heavy atom. The quantitative estimate of drug-likeness (QED) is 0.647. The number of aromatic nitrogens is 3. The van der Waals surface area contributed by atoms with Gasteiger partial charge in [-0.2, -0.15) is 8.78 Å². The van der Waals surface area contributed by atoms with E-state index >= 15 is 0 Å². The van der Waals surface area contributed by atoms with Crippen LogP contribution >= 0.6 is 0 Å². The molecule has 3 atom stereocenters. The number of rotatable bonds is 3. The predicted octanol–water partition coefficient (Wildman–Crippen LogP) is 1.16. The third kappa shape index (κ3) is 2.22. The van der Waals surface area contributed by atoms with Gasteiger partial charge in [0.2, 0.25) is 6.23 Å². The summed E-state index contributed by atoms with van der Waals surface area (Å²) < 4.78 is 40.3. The van der Waals surface area contributed by atoms with Gasteiger partial charge in [0.25, 0.3) is 0 Å². The first-order valence-corrected chi connectivity index (χ1v) is 7.41.